The molecule has 0 bridgehead atoms. The molecule has 0 aromatic heterocycles. The maximum Gasteiger partial charge on any atom is 0.167 e. The molecule has 0 saturated heterocycles. The van der Waals surface area contributed by atoms with E-state index in [1.165, 1.54) is 6.07 Å². The second-order valence-electron chi connectivity index (χ2n) is 4.81. The van der Waals surface area contributed by atoms with Gasteiger partial charge in [0.2, 0.25) is 0 Å². The summed E-state index contributed by atoms with van der Waals surface area (Å²) in [7, 11) is 0. The molecule has 102 valence electrons. The molecule has 0 heterocycles. The van der Waals surface area contributed by atoms with Crippen LogP contribution >= 0.6 is 11.8 Å². The molecule has 0 fully saturated rings. The zero-order valence-electron chi connectivity index (χ0n) is 11.5. The number of rotatable bonds is 6. The van der Waals surface area contributed by atoms with Crippen molar-refractivity contribution in [2.24, 2.45) is 5.92 Å². The summed E-state index contributed by atoms with van der Waals surface area (Å²) < 4.78 is 19.1. The number of halogens is 1. The number of nitrogen functional groups attached to an aromatic ring is 1. The van der Waals surface area contributed by atoms with Gasteiger partial charge in [0, 0.05) is 22.4 Å². The van der Waals surface area contributed by atoms with Crippen LogP contribution < -0.4 is 10.5 Å². The van der Waals surface area contributed by atoms with Gasteiger partial charge in [-0.2, -0.15) is 0 Å². The predicted octanol–water partition coefficient (Wildman–Crippen LogP) is 4.33. The van der Waals surface area contributed by atoms with Crippen LogP contribution in [0.3, 0.4) is 0 Å². The fourth-order valence-electron chi connectivity index (χ4n) is 1.37. The summed E-state index contributed by atoms with van der Waals surface area (Å²) in [5, 5.41) is 0. The van der Waals surface area contributed by atoms with Gasteiger partial charge >= 0.3 is 0 Å². The molecule has 0 aliphatic heterocycles. The molecule has 1 aromatic rings. The van der Waals surface area contributed by atoms with Crippen molar-refractivity contribution in [3.8, 4) is 5.75 Å². The Labute approximate surface area is 113 Å². The van der Waals surface area contributed by atoms with Crippen molar-refractivity contribution in [1.29, 1.82) is 0 Å². The lowest BCUT2D eigenvalue weighted by Gasteiger charge is -2.14. The van der Waals surface area contributed by atoms with Gasteiger partial charge in [0.15, 0.2) is 11.6 Å². The molecule has 0 aliphatic rings. The molecule has 0 radical (unpaired) electrons. The first kappa shape index (κ1) is 15.2. The molecule has 0 saturated carbocycles. The van der Waals surface area contributed by atoms with E-state index in [0.717, 1.165) is 17.1 Å². The lowest BCUT2D eigenvalue weighted by molar-refractivity contribution is 0.230. The Morgan fingerprint density at radius 3 is 2.56 bits per heavy atom. The Morgan fingerprint density at radius 2 is 2.00 bits per heavy atom. The van der Waals surface area contributed by atoms with Crippen LogP contribution in [0, 0.1) is 11.7 Å². The predicted molar refractivity (Wildman–Crippen MR) is 76.8 cm³/mol. The van der Waals surface area contributed by atoms with Gasteiger partial charge in [-0.3, -0.25) is 0 Å². The maximum atomic E-state index is 13.6. The topological polar surface area (TPSA) is 35.2 Å². The molecular weight excluding hydrogens is 249 g/mol. The van der Waals surface area contributed by atoms with Gasteiger partial charge in [0.25, 0.3) is 0 Å². The fourth-order valence-corrected chi connectivity index (χ4v) is 2.49. The molecule has 1 atom stereocenters. The first-order valence-electron chi connectivity index (χ1n) is 6.32. The summed E-state index contributed by atoms with van der Waals surface area (Å²) in [6.45, 7) is 8.11. The van der Waals surface area contributed by atoms with E-state index >= 15 is 0 Å². The van der Waals surface area contributed by atoms with E-state index in [-0.39, 0.29) is 11.9 Å². The zero-order valence-corrected chi connectivity index (χ0v) is 12.3. The summed E-state index contributed by atoms with van der Waals surface area (Å²) in [6.07, 6.45) is 1.08. The largest absolute Gasteiger partial charge is 0.488 e. The fraction of sp³-hybridized carbons (Fsp3) is 0.571. The second kappa shape index (κ2) is 6.88. The van der Waals surface area contributed by atoms with E-state index < -0.39 is 5.82 Å². The van der Waals surface area contributed by atoms with Crippen molar-refractivity contribution in [2.45, 2.75) is 45.1 Å². The van der Waals surface area contributed by atoms with Crippen LogP contribution in [0.25, 0.3) is 0 Å². The summed E-state index contributed by atoms with van der Waals surface area (Å²) in [4.78, 5) is 0.896. The second-order valence-corrected chi connectivity index (χ2v) is 5.87. The van der Waals surface area contributed by atoms with Crippen LogP contribution in [0.5, 0.6) is 5.75 Å². The van der Waals surface area contributed by atoms with Crippen LogP contribution in [-0.4, -0.2) is 11.9 Å². The third-order valence-corrected chi connectivity index (χ3v) is 4.05. The third-order valence-electron chi connectivity index (χ3n) is 2.65. The monoisotopic (exact) mass is 271 g/mol. The van der Waals surface area contributed by atoms with Gasteiger partial charge < -0.3 is 10.5 Å². The van der Waals surface area contributed by atoms with E-state index in [0.29, 0.717) is 11.6 Å². The van der Waals surface area contributed by atoms with Gasteiger partial charge in [-0.15, -0.1) is 11.8 Å². The summed E-state index contributed by atoms with van der Waals surface area (Å²) in [6, 6.07) is 3.05. The molecule has 4 heteroatoms. The van der Waals surface area contributed by atoms with Gasteiger partial charge in [-0.05, 0) is 25.8 Å². The van der Waals surface area contributed by atoms with Crippen LogP contribution in [0.1, 0.15) is 34.1 Å². The zero-order chi connectivity index (χ0) is 13.7. The minimum absolute atomic E-state index is 0.0458. The average molecular weight is 271 g/mol. The van der Waals surface area contributed by atoms with E-state index in [2.05, 4.69) is 13.8 Å². The number of hydrogen-bond acceptors (Lipinski definition) is 3. The van der Waals surface area contributed by atoms with Crippen molar-refractivity contribution < 1.29 is 9.13 Å². The van der Waals surface area contributed by atoms with E-state index in [1.54, 1.807) is 17.8 Å². The van der Waals surface area contributed by atoms with Crippen molar-refractivity contribution in [3.63, 3.8) is 0 Å². The first-order valence-corrected chi connectivity index (χ1v) is 7.31. The van der Waals surface area contributed by atoms with Gasteiger partial charge in [0.1, 0.15) is 0 Å². The Balaban J connectivity index is 2.84. The van der Waals surface area contributed by atoms with Crippen LogP contribution in [-0.2, 0) is 0 Å². The summed E-state index contributed by atoms with van der Waals surface area (Å²) in [5.41, 5.74) is 6.32. The minimum atomic E-state index is -0.394. The van der Waals surface area contributed by atoms with E-state index in [9.17, 15) is 4.39 Å². The number of thioether (sulfide) groups is 1. The normalized spacial score (nSPS) is 12.8. The Kier molecular flexibility index (Phi) is 5.79. The summed E-state index contributed by atoms with van der Waals surface area (Å²) >= 11 is 1.66. The molecule has 2 nitrogen and oxygen atoms in total. The molecule has 1 aromatic carbocycles. The molecule has 1 rings (SSSR count). The number of ether oxygens (including phenoxy) is 1. The Morgan fingerprint density at radius 1 is 1.33 bits per heavy atom. The molecular formula is C14H22FNOS. The number of nitrogens with two attached hydrogens (primary N) is 1. The molecule has 0 amide bonds. The highest BCUT2D eigenvalue weighted by Gasteiger charge is 2.11. The van der Waals surface area contributed by atoms with Gasteiger partial charge in [-0.25, -0.2) is 4.39 Å². The Bertz CT molecular complexity index is 396. The average Bonchev–Trinajstić information content (AvgIpc) is 2.30. The lowest BCUT2D eigenvalue weighted by Crippen LogP contribution is -2.07. The van der Waals surface area contributed by atoms with Crippen LogP contribution in [0.2, 0.25) is 0 Å². The molecule has 2 N–H and O–H groups in total. The van der Waals surface area contributed by atoms with Crippen LogP contribution in [0.4, 0.5) is 10.1 Å². The summed E-state index contributed by atoms with van der Waals surface area (Å²) in [5.74, 6) is 1.49. The number of benzene rings is 1. The number of anilines is 1. The molecule has 1 unspecified atom stereocenters. The smallest absolute Gasteiger partial charge is 0.167 e. The highest BCUT2D eigenvalue weighted by Crippen LogP contribution is 2.33. The van der Waals surface area contributed by atoms with Crippen LogP contribution in [0.15, 0.2) is 17.0 Å². The van der Waals surface area contributed by atoms with Crippen molar-refractivity contribution in [2.75, 3.05) is 11.5 Å². The van der Waals surface area contributed by atoms with Gasteiger partial charge in [-0.1, -0.05) is 20.3 Å². The standard InChI is InChI=1S/C14H22FNOS/c1-5-10(4)8-18-14-7-13(17-9(2)3)11(15)6-12(14)16/h6-7,9-10H,5,8,16H2,1-4H3. The minimum Gasteiger partial charge on any atom is -0.488 e. The van der Waals surface area contributed by atoms with Crippen molar-refractivity contribution >= 4 is 17.4 Å². The number of hydrogen-bond donors (Lipinski definition) is 1. The maximum absolute atomic E-state index is 13.6. The lowest BCUT2D eigenvalue weighted by atomic mass is 10.2. The third kappa shape index (κ3) is 4.41. The molecule has 18 heavy (non-hydrogen) atoms. The molecule has 0 spiro atoms. The highest BCUT2D eigenvalue weighted by atomic mass is 32.2. The molecule has 0 aliphatic carbocycles. The Hall–Kier alpha value is -0.900. The quantitative estimate of drug-likeness (QED) is 0.617. The van der Waals surface area contributed by atoms with Gasteiger partial charge in [0.05, 0.1) is 6.10 Å². The van der Waals surface area contributed by atoms with Crippen molar-refractivity contribution in [3.05, 3.63) is 17.9 Å². The SMILES string of the molecule is CCC(C)CSc1cc(OC(C)C)c(F)cc1N. The first-order chi connectivity index (χ1) is 8.43. The highest BCUT2D eigenvalue weighted by molar-refractivity contribution is 7.99. The van der Waals surface area contributed by atoms with E-state index in [1.807, 2.05) is 13.8 Å². The van der Waals surface area contributed by atoms with Crippen molar-refractivity contribution in [1.82, 2.24) is 0 Å². The van der Waals surface area contributed by atoms with E-state index in [4.69, 9.17) is 10.5 Å².